The summed E-state index contributed by atoms with van der Waals surface area (Å²) < 4.78 is 10.8. The number of fused-ring (bicyclic) bond motifs is 1. The number of furan rings is 1. The molecule has 3 rings (SSSR count). The van der Waals surface area contributed by atoms with E-state index in [0.717, 1.165) is 11.8 Å². The molecule has 1 unspecified atom stereocenters. The van der Waals surface area contributed by atoms with E-state index in [9.17, 15) is 4.79 Å². The van der Waals surface area contributed by atoms with Gasteiger partial charge >= 0.3 is 0 Å². The molecule has 1 aliphatic rings. The first-order valence-electron chi connectivity index (χ1n) is 6.25. The highest BCUT2D eigenvalue weighted by Crippen LogP contribution is 2.23. The zero-order valence-corrected chi connectivity index (χ0v) is 10.7. The van der Waals surface area contributed by atoms with Gasteiger partial charge in [-0.25, -0.2) is 0 Å². The van der Waals surface area contributed by atoms with E-state index in [1.165, 1.54) is 0 Å². The summed E-state index contributed by atoms with van der Waals surface area (Å²) in [7, 11) is 0. The van der Waals surface area contributed by atoms with Crippen LogP contribution >= 0.6 is 0 Å². The number of ether oxygens (including phenoxy) is 1. The lowest BCUT2D eigenvalue weighted by Crippen LogP contribution is -2.46. The van der Waals surface area contributed by atoms with Gasteiger partial charge in [0.25, 0.3) is 5.91 Å². The van der Waals surface area contributed by atoms with E-state index in [1.54, 1.807) is 24.3 Å². The predicted molar refractivity (Wildman–Crippen MR) is 71.9 cm³/mol. The van der Waals surface area contributed by atoms with Gasteiger partial charge in [-0.3, -0.25) is 4.79 Å². The maximum atomic E-state index is 12.2. The number of nitrogens with two attached hydrogens (primary N) is 1. The lowest BCUT2D eigenvalue weighted by molar-refractivity contribution is 0.0864. The summed E-state index contributed by atoms with van der Waals surface area (Å²) in [6.45, 7) is 3.18. The second kappa shape index (κ2) is 4.28. The first kappa shape index (κ1) is 12.0. The van der Waals surface area contributed by atoms with Crippen LogP contribution < -0.4 is 11.1 Å². The van der Waals surface area contributed by atoms with E-state index >= 15 is 0 Å². The highest BCUT2D eigenvalue weighted by molar-refractivity contribution is 5.97. The van der Waals surface area contributed by atoms with Gasteiger partial charge in [0.1, 0.15) is 5.58 Å². The third-order valence-corrected chi connectivity index (χ3v) is 3.40. The highest BCUT2D eigenvalue weighted by atomic mass is 16.5. The molecule has 0 bridgehead atoms. The molecule has 1 aliphatic heterocycles. The van der Waals surface area contributed by atoms with Gasteiger partial charge in [0.05, 0.1) is 12.1 Å². The molecule has 19 heavy (non-hydrogen) atoms. The lowest BCUT2D eigenvalue weighted by atomic mass is 10.0. The fourth-order valence-corrected chi connectivity index (χ4v) is 2.28. The molecule has 1 aromatic heterocycles. The first-order valence-corrected chi connectivity index (χ1v) is 6.25. The summed E-state index contributed by atoms with van der Waals surface area (Å²) >= 11 is 0. The van der Waals surface area contributed by atoms with Crippen molar-refractivity contribution in [1.29, 1.82) is 0 Å². The molecule has 0 spiro atoms. The average Bonchev–Trinajstić information content (AvgIpc) is 2.95. The van der Waals surface area contributed by atoms with Gasteiger partial charge in [0, 0.05) is 17.7 Å². The molecule has 1 atom stereocenters. The van der Waals surface area contributed by atoms with Crippen LogP contribution in [0.5, 0.6) is 0 Å². The summed E-state index contributed by atoms with van der Waals surface area (Å²) in [5, 5.41) is 3.79. The number of nitrogens with one attached hydrogen (secondary N) is 1. The Hall–Kier alpha value is -2.01. The smallest absolute Gasteiger partial charge is 0.287 e. The van der Waals surface area contributed by atoms with E-state index in [2.05, 4.69) is 5.32 Å². The van der Waals surface area contributed by atoms with Crippen molar-refractivity contribution < 1.29 is 13.9 Å². The maximum absolute atomic E-state index is 12.2. The second-order valence-corrected chi connectivity index (χ2v) is 5.23. The third kappa shape index (κ3) is 2.29. The number of nitrogen functional groups attached to an aromatic ring is 1. The molecular formula is C14H16N2O3. The quantitative estimate of drug-likeness (QED) is 0.809. The molecule has 1 fully saturated rings. The monoisotopic (exact) mass is 260 g/mol. The molecule has 5 heteroatoms. The minimum absolute atomic E-state index is 0.220. The molecule has 5 nitrogen and oxygen atoms in total. The first-order chi connectivity index (χ1) is 9.06. The van der Waals surface area contributed by atoms with Crippen molar-refractivity contribution in [1.82, 2.24) is 5.32 Å². The summed E-state index contributed by atoms with van der Waals surface area (Å²) in [5.74, 6) is 0.0801. The van der Waals surface area contributed by atoms with Gasteiger partial charge in [-0.05, 0) is 37.6 Å². The zero-order valence-electron chi connectivity index (χ0n) is 10.7. The molecule has 0 saturated carbocycles. The van der Waals surface area contributed by atoms with Crippen molar-refractivity contribution in [2.24, 2.45) is 0 Å². The lowest BCUT2D eigenvalue weighted by Gasteiger charge is -2.22. The molecule has 1 saturated heterocycles. The molecular weight excluding hydrogens is 244 g/mol. The van der Waals surface area contributed by atoms with Crippen LogP contribution in [-0.4, -0.2) is 24.7 Å². The molecule has 0 aliphatic carbocycles. The minimum atomic E-state index is -0.310. The van der Waals surface area contributed by atoms with Gasteiger partial charge < -0.3 is 20.2 Å². The number of amides is 1. The van der Waals surface area contributed by atoms with Crippen LogP contribution in [0, 0.1) is 0 Å². The van der Waals surface area contributed by atoms with E-state index < -0.39 is 0 Å². The summed E-state index contributed by atoms with van der Waals surface area (Å²) in [5.41, 5.74) is 6.70. The van der Waals surface area contributed by atoms with Crippen LogP contribution in [0.4, 0.5) is 5.69 Å². The number of anilines is 1. The van der Waals surface area contributed by atoms with Crippen molar-refractivity contribution >= 4 is 22.6 Å². The van der Waals surface area contributed by atoms with E-state index in [1.807, 2.05) is 6.92 Å². The van der Waals surface area contributed by atoms with Crippen LogP contribution in [0.25, 0.3) is 11.0 Å². The zero-order chi connectivity index (χ0) is 13.5. The topological polar surface area (TPSA) is 77.5 Å². The fourth-order valence-electron chi connectivity index (χ4n) is 2.28. The Balaban J connectivity index is 1.85. The second-order valence-electron chi connectivity index (χ2n) is 5.23. The van der Waals surface area contributed by atoms with Crippen LogP contribution in [0.1, 0.15) is 23.9 Å². The van der Waals surface area contributed by atoms with Gasteiger partial charge in [0.2, 0.25) is 0 Å². The number of rotatable bonds is 2. The molecule has 100 valence electrons. The number of benzene rings is 1. The maximum Gasteiger partial charge on any atom is 0.287 e. The summed E-state index contributed by atoms with van der Waals surface area (Å²) in [6.07, 6.45) is 0.811. The van der Waals surface area contributed by atoms with E-state index in [0.29, 0.717) is 30.2 Å². The standard InChI is InChI=1S/C14H16N2O3/c1-14(4-5-18-8-14)16-13(17)12-7-9-6-10(15)2-3-11(9)19-12/h2-3,6-7H,4-5,8,15H2,1H3,(H,16,17). The Bertz CT molecular complexity index is 627. The van der Waals surface area contributed by atoms with Gasteiger partial charge in [0.15, 0.2) is 5.76 Å². The average molecular weight is 260 g/mol. The highest BCUT2D eigenvalue weighted by Gasteiger charge is 2.32. The summed E-state index contributed by atoms with van der Waals surface area (Å²) in [6, 6.07) is 7.01. The van der Waals surface area contributed by atoms with E-state index in [-0.39, 0.29) is 11.4 Å². The predicted octanol–water partition coefficient (Wildman–Crippen LogP) is 1.92. The molecule has 2 heterocycles. The van der Waals surface area contributed by atoms with Crippen LogP contribution in [0.2, 0.25) is 0 Å². The van der Waals surface area contributed by atoms with Crippen LogP contribution in [-0.2, 0) is 4.74 Å². The van der Waals surface area contributed by atoms with Gasteiger partial charge in [-0.1, -0.05) is 0 Å². The van der Waals surface area contributed by atoms with Gasteiger partial charge in [-0.15, -0.1) is 0 Å². The molecule has 1 amide bonds. The summed E-state index contributed by atoms with van der Waals surface area (Å²) in [4.78, 5) is 12.2. The molecule has 3 N–H and O–H groups in total. The molecule has 2 aromatic rings. The van der Waals surface area contributed by atoms with Crippen LogP contribution in [0.3, 0.4) is 0 Å². The molecule has 1 aromatic carbocycles. The number of hydrogen-bond donors (Lipinski definition) is 2. The Morgan fingerprint density at radius 3 is 3.00 bits per heavy atom. The fraction of sp³-hybridized carbons (Fsp3) is 0.357. The number of carbonyl (C=O) groups excluding carboxylic acids is 1. The van der Waals surface area contributed by atoms with Gasteiger partial charge in [-0.2, -0.15) is 0 Å². The minimum Gasteiger partial charge on any atom is -0.451 e. The third-order valence-electron chi connectivity index (χ3n) is 3.40. The number of carbonyl (C=O) groups is 1. The largest absolute Gasteiger partial charge is 0.451 e. The van der Waals surface area contributed by atoms with Crippen molar-refractivity contribution in [2.75, 3.05) is 18.9 Å². The van der Waals surface area contributed by atoms with E-state index in [4.69, 9.17) is 14.9 Å². The Labute approximate surface area is 110 Å². The van der Waals surface area contributed by atoms with Crippen molar-refractivity contribution in [3.05, 3.63) is 30.0 Å². The Morgan fingerprint density at radius 2 is 2.26 bits per heavy atom. The Kier molecular flexibility index (Phi) is 2.71. The van der Waals surface area contributed by atoms with Crippen LogP contribution in [0.15, 0.2) is 28.7 Å². The molecule has 0 radical (unpaired) electrons. The SMILES string of the molecule is CC1(NC(=O)c2cc3cc(N)ccc3o2)CCOC1. The van der Waals surface area contributed by atoms with Crippen molar-refractivity contribution in [3.8, 4) is 0 Å². The number of hydrogen-bond acceptors (Lipinski definition) is 4. The normalized spacial score (nSPS) is 22.8. The van der Waals surface area contributed by atoms with Crippen molar-refractivity contribution in [3.63, 3.8) is 0 Å². The Morgan fingerprint density at radius 1 is 1.42 bits per heavy atom. The van der Waals surface area contributed by atoms with Crippen molar-refractivity contribution in [2.45, 2.75) is 18.9 Å².